The summed E-state index contributed by atoms with van der Waals surface area (Å²) in [4.78, 5) is 21.2. The van der Waals surface area contributed by atoms with Gasteiger partial charge in [-0.2, -0.15) is 0 Å². The van der Waals surface area contributed by atoms with Crippen LogP contribution in [-0.2, 0) is 33.0 Å². The molecule has 0 radical (unpaired) electrons. The number of nitrogens with zero attached hydrogens (tertiary/aromatic N) is 2. The van der Waals surface area contributed by atoms with Crippen molar-refractivity contribution in [3.05, 3.63) is 64.8 Å². The first-order valence-electron chi connectivity index (χ1n) is 11.1. The fourth-order valence-corrected chi connectivity index (χ4v) is 4.27. The minimum atomic E-state index is -2.81. The van der Waals surface area contributed by atoms with Gasteiger partial charge in [0.1, 0.15) is 12.1 Å². The molecule has 33 heavy (non-hydrogen) atoms. The van der Waals surface area contributed by atoms with Crippen LogP contribution >= 0.6 is 0 Å². The van der Waals surface area contributed by atoms with Gasteiger partial charge in [-0.15, -0.1) is 0 Å². The lowest BCUT2D eigenvalue weighted by Crippen LogP contribution is -2.25. The maximum absolute atomic E-state index is 14.2. The van der Waals surface area contributed by atoms with Crippen molar-refractivity contribution in [3.63, 3.8) is 0 Å². The Morgan fingerprint density at radius 2 is 2.06 bits per heavy atom. The van der Waals surface area contributed by atoms with E-state index in [-0.39, 0.29) is 30.4 Å². The van der Waals surface area contributed by atoms with E-state index in [0.717, 1.165) is 5.56 Å². The molecule has 2 heterocycles. The quantitative estimate of drug-likeness (QED) is 0.613. The molecule has 1 aromatic heterocycles. The molecule has 7 nitrogen and oxygen atoms in total. The van der Waals surface area contributed by atoms with Gasteiger partial charge < -0.3 is 20.1 Å². The predicted octanol–water partition coefficient (Wildman–Crippen LogP) is 4.32. The van der Waals surface area contributed by atoms with Crippen LogP contribution in [0.5, 0.6) is 0 Å². The van der Waals surface area contributed by atoms with Crippen molar-refractivity contribution in [1.29, 1.82) is 0 Å². The van der Waals surface area contributed by atoms with Crippen LogP contribution in [0, 0.1) is 0 Å². The highest BCUT2D eigenvalue weighted by Crippen LogP contribution is 2.44. The van der Waals surface area contributed by atoms with Crippen LogP contribution in [0.1, 0.15) is 67.0 Å². The van der Waals surface area contributed by atoms with Crippen molar-refractivity contribution < 1.29 is 23.0 Å². The largest absolute Gasteiger partial charge is 0.363 e. The second kappa shape index (κ2) is 9.52. The number of carbonyl (C=O) groups is 1. The summed E-state index contributed by atoms with van der Waals surface area (Å²) in [5.74, 6) is -2.61. The number of fused-ring (bicyclic) bond motifs is 1. The van der Waals surface area contributed by atoms with Crippen molar-refractivity contribution in [2.45, 2.75) is 57.8 Å². The number of benzene rings is 1. The molecule has 0 saturated carbocycles. The number of aromatic nitrogens is 2. The zero-order chi connectivity index (χ0) is 23.6. The standard InChI is InChI=1S/C24H28F2N4O3/c1-4-14(2)29-20(31)12-19-21(23-32-10-11-33-23)22(28-13-27-19)30-15(3)16-6-5-7-18-17(16)8-9-24(18,25)26/h5-7,13,15,23H,2,4,8-12H2,1,3H3,(H,29,31)(H,27,28,30)/t15-/m1/s1. The molecule has 1 aliphatic carbocycles. The molecule has 2 N–H and O–H groups in total. The zero-order valence-electron chi connectivity index (χ0n) is 18.8. The third kappa shape index (κ3) is 4.89. The summed E-state index contributed by atoms with van der Waals surface area (Å²) >= 11 is 0. The highest BCUT2D eigenvalue weighted by molar-refractivity contribution is 5.80. The van der Waals surface area contributed by atoms with Crippen molar-refractivity contribution in [3.8, 4) is 0 Å². The van der Waals surface area contributed by atoms with Crippen LogP contribution in [0.15, 0.2) is 36.8 Å². The molecule has 9 heteroatoms. The van der Waals surface area contributed by atoms with E-state index < -0.39 is 12.2 Å². The summed E-state index contributed by atoms with van der Waals surface area (Å²) in [6, 6.07) is 4.69. The molecule has 1 fully saturated rings. The molecule has 4 rings (SSSR count). The minimum absolute atomic E-state index is 0.00386. The normalized spacial score (nSPS) is 18.1. The fourth-order valence-electron chi connectivity index (χ4n) is 4.27. The van der Waals surface area contributed by atoms with E-state index in [4.69, 9.17) is 9.47 Å². The smallest absolute Gasteiger partial charge is 0.273 e. The minimum Gasteiger partial charge on any atom is -0.363 e. The van der Waals surface area contributed by atoms with Crippen molar-refractivity contribution in [1.82, 2.24) is 15.3 Å². The van der Waals surface area contributed by atoms with Crippen LogP contribution in [0.4, 0.5) is 14.6 Å². The first kappa shape index (κ1) is 23.3. The number of anilines is 1. The topological polar surface area (TPSA) is 85.4 Å². The lowest BCUT2D eigenvalue weighted by Gasteiger charge is -2.23. The number of nitrogens with one attached hydrogen (secondary N) is 2. The second-order valence-corrected chi connectivity index (χ2v) is 8.28. The number of amides is 1. The first-order chi connectivity index (χ1) is 15.8. The third-order valence-electron chi connectivity index (χ3n) is 6.01. The molecule has 176 valence electrons. The number of hydrogen-bond donors (Lipinski definition) is 2. The van der Waals surface area contributed by atoms with E-state index in [1.54, 1.807) is 6.07 Å². The lowest BCUT2D eigenvalue weighted by molar-refractivity contribution is -0.119. The highest BCUT2D eigenvalue weighted by Gasteiger charge is 2.40. The molecule has 1 aromatic carbocycles. The monoisotopic (exact) mass is 458 g/mol. The Morgan fingerprint density at radius 3 is 2.79 bits per heavy atom. The molecular formula is C24H28F2N4O3. The predicted molar refractivity (Wildman–Crippen MR) is 119 cm³/mol. The van der Waals surface area contributed by atoms with Gasteiger partial charge in [-0.1, -0.05) is 31.7 Å². The van der Waals surface area contributed by atoms with E-state index in [1.807, 2.05) is 19.9 Å². The number of carbonyl (C=O) groups excluding carboxylic acids is 1. The third-order valence-corrected chi connectivity index (χ3v) is 6.01. The Hall–Kier alpha value is -2.91. The van der Waals surface area contributed by atoms with E-state index >= 15 is 0 Å². The average molecular weight is 459 g/mol. The van der Waals surface area contributed by atoms with Gasteiger partial charge in [0.25, 0.3) is 5.92 Å². The van der Waals surface area contributed by atoms with Crippen LogP contribution in [-0.4, -0.2) is 29.1 Å². The van der Waals surface area contributed by atoms with Gasteiger partial charge in [0.05, 0.1) is 36.9 Å². The maximum Gasteiger partial charge on any atom is 0.273 e. The van der Waals surface area contributed by atoms with E-state index in [2.05, 4.69) is 27.2 Å². The van der Waals surface area contributed by atoms with Crippen molar-refractivity contribution in [2.75, 3.05) is 18.5 Å². The summed E-state index contributed by atoms with van der Waals surface area (Å²) in [6.07, 6.45) is 1.41. The summed E-state index contributed by atoms with van der Waals surface area (Å²) in [5.41, 5.74) is 3.18. The molecule has 0 bridgehead atoms. The average Bonchev–Trinajstić information content (AvgIpc) is 3.42. The van der Waals surface area contributed by atoms with Crippen molar-refractivity contribution >= 4 is 11.7 Å². The summed E-state index contributed by atoms with van der Waals surface area (Å²) in [5, 5.41) is 6.07. The van der Waals surface area contributed by atoms with E-state index in [9.17, 15) is 13.6 Å². The fraction of sp³-hybridized carbons (Fsp3) is 0.458. The highest BCUT2D eigenvalue weighted by atomic mass is 19.3. The number of alkyl halides is 2. The Kier molecular flexibility index (Phi) is 6.71. The summed E-state index contributed by atoms with van der Waals surface area (Å²) in [7, 11) is 0. The van der Waals surface area contributed by atoms with Crippen LogP contribution in [0.3, 0.4) is 0 Å². The van der Waals surface area contributed by atoms with Gasteiger partial charge in [-0.05, 0) is 30.9 Å². The van der Waals surface area contributed by atoms with Gasteiger partial charge in [0.2, 0.25) is 5.91 Å². The van der Waals surface area contributed by atoms with E-state index in [0.29, 0.717) is 54.4 Å². The Balaban J connectivity index is 1.63. The zero-order valence-corrected chi connectivity index (χ0v) is 18.8. The summed E-state index contributed by atoms with van der Waals surface area (Å²) in [6.45, 7) is 8.42. The number of allylic oxidation sites excluding steroid dienone is 1. The molecule has 1 amide bonds. The Morgan fingerprint density at radius 1 is 1.30 bits per heavy atom. The van der Waals surface area contributed by atoms with Gasteiger partial charge in [0.15, 0.2) is 6.29 Å². The molecule has 0 unspecified atom stereocenters. The van der Waals surface area contributed by atoms with Crippen LogP contribution < -0.4 is 10.6 Å². The van der Waals surface area contributed by atoms with Gasteiger partial charge >= 0.3 is 0 Å². The number of hydrogen-bond acceptors (Lipinski definition) is 6. The molecule has 1 atom stereocenters. The van der Waals surface area contributed by atoms with Gasteiger partial charge in [-0.3, -0.25) is 4.79 Å². The SMILES string of the molecule is C=C(CC)NC(=O)Cc1ncnc(N[C@H](C)c2cccc3c2CCC3(F)F)c1C1OCCO1. The maximum atomic E-state index is 14.2. The Labute approximate surface area is 191 Å². The number of ether oxygens (including phenoxy) is 2. The number of rotatable bonds is 8. The molecule has 1 aliphatic heterocycles. The molecule has 2 aromatic rings. The molecule has 0 spiro atoms. The van der Waals surface area contributed by atoms with Crippen LogP contribution in [0.25, 0.3) is 0 Å². The van der Waals surface area contributed by atoms with Crippen molar-refractivity contribution in [2.24, 2.45) is 0 Å². The summed E-state index contributed by atoms with van der Waals surface area (Å²) < 4.78 is 39.9. The second-order valence-electron chi connectivity index (χ2n) is 8.28. The van der Waals surface area contributed by atoms with Crippen LogP contribution in [0.2, 0.25) is 0 Å². The lowest BCUT2D eigenvalue weighted by atomic mass is 9.97. The number of halogens is 2. The Bertz CT molecular complexity index is 1050. The van der Waals surface area contributed by atoms with E-state index in [1.165, 1.54) is 12.4 Å². The first-order valence-corrected chi connectivity index (χ1v) is 11.1. The molecular weight excluding hydrogens is 430 g/mol. The molecule has 1 saturated heterocycles. The van der Waals surface area contributed by atoms with Gasteiger partial charge in [-0.25, -0.2) is 18.7 Å². The van der Waals surface area contributed by atoms with Gasteiger partial charge in [0, 0.05) is 17.7 Å². The molecule has 2 aliphatic rings.